The van der Waals surface area contributed by atoms with Crippen LogP contribution in [0, 0.1) is 18.3 Å². The van der Waals surface area contributed by atoms with E-state index in [4.69, 9.17) is 5.41 Å². The summed E-state index contributed by atoms with van der Waals surface area (Å²) in [5, 5.41) is 28.8. The number of aliphatic imine (C=N–C) groups is 1. The van der Waals surface area contributed by atoms with Gasteiger partial charge in [-0.25, -0.2) is 0 Å². The number of hydrogen-bond acceptors (Lipinski definition) is 4. The number of aliphatic hydroxyl groups is 1. The van der Waals surface area contributed by atoms with Crippen LogP contribution in [0.5, 0.6) is 5.75 Å². The smallest absolute Gasteiger partial charge is 0.121 e. The van der Waals surface area contributed by atoms with Gasteiger partial charge in [-0.15, -0.1) is 0 Å². The molecule has 130 valence electrons. The second kappa shape index (κ2) is 11.8. The van der Waals surface area contributed by atoms with Crippen molar-refractivity contribution >= 4 is 13.1 Å². The van der Waals surface area contributed by atoms with Crippen LogP contribution in [0.2, 0.25) is 0 Å². The summed E-state index contributed by atoms with van der Waals surface area (Å²) in [4.78, 5) is 3.86. The van der Waals surface area contributed by atoms with Crippen molar-refractivity contribution < 1.29 is 10.2 Å². The molecule has 0 aromatic heterocycles. The molecule has 5 heteroatoms. The average molecular weight is 329 g/mol. The molecule has 2 unspecified atom stereocenters. The fraction of sp³-hybridized carbons (Fsp3) is 0.263. The van der Waals surface area contributed by atoms with Gasteiger partial charge in [0.2, 0.25) is 0 Å². The highest BCUT2D eigenvalue weighted by Crippen LogP contribution is 2.30. The number of aryl methyl sites for hydroxylation is 1. The summed E-state index contributed by atoms with van der Waals surface area (Å²) in [6.45, 7) is 9.98. The summed E-state index contributed by atoms with van der Waals surface area (Å²) >= 11 is 0. The van der Waals surface area contributed by atoms with Gasteiger partial charge in [-0.3, -0.25) is 4.99 Å². The van der Waals surface area contributed by atoms with E-state index in [1.165, 1.54) is 0 Å². The highest BCUT2D eigenvalue weighted by Gasteiger charge is 2.17. The standard InChI is InChI=1S/C18H24N2O2.CH3N/c1-5-6-15(20-12-19-4)9-8-14(3)18(22)16-11-13(2)7-10-17(16)21;1-2/h5-12,14,18,21-22H,1H2,2-4H3,(H,19,20);2H,1H2/b9-8-,15-6+;. The van der Waals surface area contributed by atoms with E-state index < -0.39 is 6.10 Å². The molecule has 0 amide bonds. The highest BCUT2D eigenvalue weighted by molar-refractivity contribution is 5.58. The van der Waals surface area contributed by atoms with E-state index in [2.05, 4.69) is 23.6 Å². The second-order valence-electron chi connectivity index (χ2n) is 5.11. The molecule has 0 bridgehead atoms. The average Bonchev–Trinajstić information content (AvgIpc) is 2.60. The van der Waals surface area contributed by atoms with Gasteiger partial charge in [-0.1, -0.05) is 37.3 Å². The van der Waals surface area contributed by atoms with Gasteiger partial charge in [0, 0.05) is 24.2 Å². The number of hydrogen-bond donors (Lipinski definition) is 4. The minimum Gasteiger partial charge on any atom is -0.508 e. The first-order valence-electron chi connectivity index (χ1n) is 7.50. The third-order valence-corrected chi connectivity index (χ3v) is 3.24. The van der Waals surface area contributed by atoms with Gasteiger partial charge in [0.1, 0.15) is 5.75 Å². The molecule has 0 saturated carbocycles. The summed E-state index contributed by atoms with van der Waals surface area (Å²) in [5.74, 6) is -0.0577. The number of nitrogens with one attached hydrogen (secondary N) is 2. The zero-order chi connectivity index (χ0) is 18.5. The summed E-state index contributed by atoms with van der Waals surface area (Å²) < 4.78 is 0. The molecule has 0 aliphatic rings. The maximum absolute atomic E-state index is 10.4. The van der Waals surface area contributed by atoms with Gasteiger partial charge in [-0.2, -0.15) is 0 Å². The number of aromatic hydroxyl groups is 1. The van der Waals surface area contributed by atoms with Gasteiger partial charge >= 0.3 is 0 Å². The van der Waals surface area contributed by atoms with E-state index in [1.54, 1.807) is 37.7 Å². The van der Waals surface area contributed by atoms with Crippen LogP contribution in [0.4, 0.5) is 0 Å². The van der Waals surface area contributed by atoms with E-state index in [0.717, 1.165) is 11.3 Å². The Morgan fingerprint density at radius 1 is 1.38 bits per heavy atom. The monoisotopic (exact) mass is 329 g/mol. The lowest BCUT2D eigenvalue weighted by Crippen LogP contribution is -2.10. The van der Waals surface area contributed by atoms with Crippen molar-refractivity contribution in [1.29, 1.82) is 5.41 Å². The van der Waals surface area contributed by atoms with Crippen molar-refractivity contribution in [3.05, 3.63) is 65.9 Å². The first-order chi connectivity index (χ1) is 11.5. The Hall–Kier alpha value is -2.66. The number of phenolic OH excluding ortho intramolecular Hbond substituents is 1. The minimum absolute atomic E-state index is 0.108. The summed E-state index contributed by atoms with van der Waals surface area (Å²) in [5.41, 5.74) is 2.35. The van der Waals surface area contributed by atoms with E-state index >= 15 is 0 Å². The Balaban J connectivity index is 0.00000254. The molecular formula is C19H27N3O2. The van der Waals surface area contributed by atoms with Gasteiger partial charge in [0.25, 0.3) is 0 Å². The van der Waals surface area contributed by atoms with Crippen LogP contribution < -0.4 is 5.32 Å². The van der Waals surface area contributed by atoms with E-state index in [9.17, 15) is 10.2 Å². The van der Waals surface area contributed by atoms with Crippen LogP contribution in [0.1, 0.15) is 24.2 Å². The van der Waals surface area contributed by atoms with Crippen LogP contribution in [0.15, 0.2) is 59.8 Å². The Morgan fingerprint density at radius 2 is 2.04 bits per heavy atom. The molecule has 0 saturated heterocycles. The summed E-state index contributed by atoms with van der Waals surface area (Å²) in [6.07, 6.45) is 8.00. The maximum atomic E-state index is 10.4. The molecule has 5 nitrogen and oxygen atoms in total. The van der Waals surface area contributed by atoms with Crippen LogP contribution in [0.3, 0.4) is 0 Å². The maximum Gasteiger partial charge on any atom is 0.121 e. The van der Waals surface area contributed by atoms with Crippen molar-refractivity contribution in [3.63, 3.8) is 0 Å². The molecule has 2 atom stereocenters. The Kier molecular flexibility index (Phi) is 10.5. The zero-order valence-electron chi connectivity index (χ0n) is 14.5. The van der Waals surface area contributed by atoms with Crippen molar-refractivity contribution in [1.82, 2.24) is 5.32 Å². The molecule has 0 fully saturated rings. The Bertz CT molecular complexity index is 607. The van der Waals surface area contributed by atoms with Crippen molar-refractivity contribution in [3.8, 4) is 5.75 Å². The normalized spacial score (nSPS) is 14.1. The number of rotatable bonds is 7. The van der Waals surface area contributed by atoms with Crippen LogP contribution in [0.25, 0.3) is 0 Å². The van der Waals surface area contributed by atoms with Crippen LogP contribution in [-0.2, 0) is 0 Å². The van der Waals surface area contributed by atoms with Crippen LogP contribution >= 0.6 is 0 Å². The number of nitrogens with zero attached hydrogens (tertiary/aromatic N) is 1. The number of aliphatic hydroxyl groups excluding tert-OH is 1. The molecule has 1 aromatic carbocycles. The molecule has 1 aromatic rings. The molecule has 24 heavy (non-hydrogen) atoms. The quantitative estimate of drug-likeness (QED) is 0.351. The molecule has 1 rings (SSSR count). The fourth-order valence-corrected chi connectivity index (χ4v) is 1.97. The third-order valence-electron chi connectivity index (χ3n) is 3.24. The van der Waals surface area contributed by atoms with Gasteiger partial charge in [0.05, 0.1) is 12.4 Å². The fourth-order valence-electron chi connectivity index (χ4n) is 1.97. The highest BCUT2D eigenvalue weighted by atomic mass is 16.3. The third kappa shape index (κ3) is 7.07. The summed E-state index contributed by atoms with van der Waals surface area (Å²) in [7, 11) is 1.68. The van der Waals surface area contributed by atoms with E-state index in [0.29, 0.717) is 5.56 Å². The van der Waals surface area contributed by atoms with Crippen molar-refractivity contribution in [2.75, 3.05) is 7.05 Å². The molecule has 0 spiro atoms. The number of benzene rings is 1. The van der Waals surface area contributed by atoms with E-state index in [-0.39, 0.29) is 11.7 Å². The topological polar surface area (TPSA) is 88.7 Å². The lowest BCUT2D eigenvalue weighted by Gasteiger charge is -2.18. The van der Waals surface area contributed by atoms with Crippen LogP contribution in [-0.4, -0.2) is 30.3 Å². The first kappa shape index (κ1) is 21.3. The van der Waals surface area contributed by atoms with Crippen molar-refractivity contribution in [2.24, 2.45) is 10.9 Å². The predicted molar refractivity (Wildman–Crippen MR) is 102 cm³/mol. The summed E-state index contributed by atoms with van der Waals surface area (Å²) in [6, 6.07) is 5.21. The molecule has 0 aliphatic heterocycles. The van der Waals surface area contributed by atoms with Crippen molar-refractivity contribution in [2.45, 2.75) is 20.0 Å². The first-order valence-corrected chi connectivity index (χ1v) is 7.50. The predicted octanol–water partition coefficient (Wildman–Crippen LogP) is 3.51. The Morgan fingerprint density at radius 3 is 2.62 bits per heavy atom. The van der Waals surface area contributed by atoms with Gasteiger partial charge in [0.15, 0.2) is 0 Å². The molecule has 0 heterocycles. The molecule has 4 N–H and O–H groups in total. The molecular weight excluding hydrogens is 302 g/mol. The van der Waals surface area contributed by atoms with Gasteiger partial charge in [-0.05, 0) is 37.9 Å². The largest absolute Gasteiger partial charge is 0.508 e. The zero-order valence-corrected chi connectivity index (χ0v) is 14.5. The minimum atomic E-state index is -0.777. The Labute approximate surface area is 144 Å². The molecule has 0 aliphatic carbocycles. The number of phenols is 1. The second-order valence-corrected chi connectivity index (χ2v) is 5.11. The molecule has 0 radical (unpaired) electrons. The van der Waals surface area contributed by atoms with Gasteiger partial charge < -0.3 is 20.9 Å². The lowest BCUT2D eigenvalue weighted by atomic mass is 9.95. The SMILES string of the molecule is C=C/C=C(\C=C/C(C)C(O)c1cc(C)ccc1O)NC=NC.C=N. The lowest BCUT2D eigenvalue weighted by molar-refractivity contribution is 0.136. The number of allylic oxidation sites excluding steroid dienone is 3. The van der Waals surface area contributed by atoms with E-state index in [1.807, 2.05) is 32.1 Å².